The molecule has 92 valence electrons. The lowest BCUT2D eigenvalue weighted by molar-refractivity contribution is 0.0936. The predicted molar refractivity (Wildman–Crippen MR) is 63.8 cm³/mol. The molecule has 2 rings (SSSR count). The zero-order chi connectivity index (χ0) is 12.4. The fraction of sp³-hybridized carbons (Fsp3) is 0.417. The van der Waals surface area contributed by atoms with Crippen molar-refractivity contribution in [3.63, 3.8) is 0 Å². The molecule has 1 N–H and O–H groups in total. The second kappa shape index (κ2) is 5.12. The first-order valence-corrected chi connectivity index (χ1v) is 6.32. The average Bonchev–Trinajstić information content (AvgIpc) is 2.76. The highest BCUT2D eigenvalue weighted by Crippen LogP contribution is 2.22. The summed E-state index contributed by atoms with van der Waals surface area (Å²) >= 11 is 3.06. The molecule has 0 saturated heterocycles. The van der Waals surface area contributed by atoms with Gasteiger partial charge in [-0.3, -0.25) is 4.79 Å². The van der Waals surface area contributed by atoms with Gasteiger partial charge in [-0.2, -0.15) is 0 Å². The molecule has 0 radical (unpaired) electrons. The number of carbonyl (C=O) groups excluding carboxylic acids is 1. The van der Waals surface area contributed by atoms with Crippen molar-refractivity contribution in [1.82, 2.24) is 5.32 Å². The molecule has 1 aromatic carbocycles. The maximum Gasteiger partial charge on any atom is 0.252 e. The highest BCUT2D eigenvalue weighted by Gasteiger charge is 2.20. The molecule has 0 aromatic heterocycles. The van der Waals surface area contributed by atoms with E-state index in [0.717, 1.165) is 37.8 Å². The molecule has 1 aliphatic carbocycles. The molecule has 1 fully saturated rings. The number of benzene rings is 1. The molecule has 5 heteroatoms. The maximum atomic E-state index is 13.1. The predicted octanol–water partition coefficient (Wildman–Crippen LogP) is 3.40. The molecule has 0 spiro atoms. The van der Waals surface area contributed by atoms with Gasteiger partial charge in [-0.15, -0.1) is 0 Å². The van der Waals surface area contributed by atoms with Crippen LogP contribution in [0.25, 0.3) is 0 Å². The first-order chi connectivity index (χ1) is 8.08. The Morgan fingerprint density at radius 1 is 1.24 bits per heavy atom. The van der Waals surface area contributed by atoms with E-state index in [1.54, 1.807) is 0 Å². The van der Waals surface area contributed by atoms with E-state index in [4.69, 9.17) is 0 Å². The molecule has 0 unspecified atom stereocenters. The van der Waals surface area contributed by atoms with E-state index in [-0.39, 0.29) is 22.0 Å². The van der Waals surface area contributed by atoms with Gasteiger partial charge in [-0.05, 0) is 40.9 Å². The Hall–Kier alpha value is -0.970. The smallest absolute Gasteiger partial charge is 0.252 e. The van der Waals surface area contributed by atoms with E-state index >= 15 is 0 Å². The molecule has 17 heavy (non-hydrogen) atoms. The molecule has 2 nitrogen and oxygen atoms in total. The van der Waals surface area contributed by atoms with Crippen LogP contribution in [0.4, 0.5) is 8.78 Å². The van der Waals surface area contributed by atoms with Crippen LogP contribution >= 0.6 is 15.9 Å². The fourth-order valence-electron chi connectivity index (χ4n) is 2.03. The summed E-state index contributed by atoms with van der Waals surface area (Å²) in [5.41, 5.74) is 0.135. The van der Waals surface area contributed by atoms with Crippen LogP contribution in [0, 0.1) is 11.6 Å². The monoisotopic (exact) mass is 303 g/mol. The van der Waals surface area contributed by atoms with Crippen molar-refractivity contribution in [2.75, 3.05) is 0 Å². The standard InChI is InChI=1S/C12H12BrF2NO/c13-9-6-11(15)10(14)5-8(9)12(17)16-7-3-1-2-4-7/h5-7H,1-4H2,(H,16,17). The Balaban J connectivity index is 2.15. The zero-order valence-electron chi connectivity index (χ0n) is 9.10. The van der Waals surface area contributed by atoms with Gasteiger partial charge in [0.15, 0.2) is 11.6 Å². The number of hydrogen-bond donors (Lipinski definition) is 1. The lowest BCUT2D eigenvalue weighted by Gasteiger charge is -2.12. The van der Waals surface area contributed by atoms with Crippen LogP contribution in [0.2, 0.25) is 0 Å². The lowest BCUT2D eigenvalue weighted by atomic mass is 10.1. The Labute approximate surface area is 107 Å². The summed E-state index contributed by atoms with van der Waals surface area (Å²) in [5, 5.41) is 2.82. The van der Waals surface area contributed by atoms with E-state index < -0.39 is 11.6 Å². The van der Waals surface area contributed by atoms with Crippen LogP contribution in [0.5, 0.6) is 0 Å². The normalized spacial score (nSPS) is 16.2. The quantitative estimate of drug-likeness (QED) is 0.834. The maximum absolute atomic E-state index is 13.1. The molecule has 1 saturated carbocycles. The van der Waals surface area contributed by atoms with Gasteiger partial charge in [0.2, 0.25) is 0 Å². The number of halogens is 3. The first-order valence-electron chi connectivity index (χ1n) is 5.53. The molecular weight excluding hydrogens is 292 g/mol. The van der Waals surface area contributed by atoms with Gasteiger partial charge < -0.3 is 5.32 Å². The Bertz CT molecular complexity index is 444. The Morgan fingerprint density at radius 2 is 1.82 bits per heavy atom. The molecule has 1 amide bonds. The second-order valence-corrected chi connectivity index (χ2v) is 5.06. The number of carbonyl (C=O) groups is 1. The van der Waals surface area contributed by atoms with Crippen molar-refractivity contribution >= 4 is 21.8 Å². The third-order valence-electron chi connectivity index (χ3n) is 2.94. The Morgan fingerprint density at radius 3 is 2.47 bits per heavy atom. The fourth-order valence-corrected chi connectivity index (χ4v) is 2.53. The van der Waals surface area contributed by atoms with E-state index in [0.29, 0.717) is 0 Å². The molecule has 0 atom stereocenters. The van der Waals surface area contributed by atoms with E-state index in [9.17, 15) is 13.6 Å². The number of amides is 1. The van der Waals surface area contributed by atoms with Crippen LogP contribution in [0.1, 0.15) is 36.0 Å². The van der Waals surface area contributed by atoms with Crippen molar-refractivity contribution in [2.24, 2.45) is 0 Å². The highest BCUT2D eigenvalue weighted by molar-refractivity contribution is 9.10. The molecule has 0 aliphatic heterocycles. The van der Waals surface area contributed by atoms with Crippen LogP contribution < -0.4 is 5.32 Å². The number of nitrogens with one attached hydrogen (secondary N) is 1. The topological polar surface area (TPSA) is 29.1 Å². The molecule has 0 bridgehead atoms. The van der Waals surface area contributed by atoms with E-state index in [1.165, 1.54) is 0 Å². The summed E-state index contributed by atoms with van der Waals surface area (Å²) in [7, 11) is 0. The molecule has 1 aliphatic rings. The second-order valence-electron chi connectivity index (χ2n) is 4.20. The molecular formula is C12H12BrF2NO. The van der Waals surface area contributed by atoms with E-state index in [2.05, 4.69) is 21.2 Å². The van der Waals surface area contributed by atoms with Crippen molar-refractivity contribution in [2.45, 2.75) is 31.7 Å². The summed E-state index contributed by atoms with van der Waals surface area (Å²) in [4.78, 5) is 11.9. The van der Waals surface area contributed by atoms with Gasteiger partial charge in [0.25, 0.3) is 5.91 Å². The van der Waals surface area contributed by atoms with Gasteiger partial charge in [0.05, 0.1) is 5.56 Å². The highest BCUT2D eigenvalue weighted by atomic mass is 79.9. The van der Waals surface area contributed by atoms with Crippen molar-refractivity contribution in [3.05, 3.63) is 33.8 Å². The summed E-state index contributed by atoms with van der Waals surface area (Å²) in [5.74, 6) is -2.33. The molecule has 1 aromatic rings. The number of hydrogen-bond acceptors (Lipinski definition) is 1. The third kappa shape index (κ3) is 2.83. The lowest BCUT2D eigenvalue weighted by Crippen LogP contribution is -2.32. The van der Waals surface area contributed by atoms with Gasteiger partial charge in [-0.1, -0.05) is 12.8 Å². The Kier molecular flexibility index (Phi) is 3.76. The number of rotatable bonds is 2. The summed E-state index contributed by atoms with van der Waals surface area (Å²) in [6, 6.07) is 2.05. The summed E-state index contributed by atoms with van der Waals surface area (Å²) < 4.78 is 26.2. The van der Waals surface area contributed by atoms with Crippen LogP contribution in [0.3, 0.4) is 0 Å². The van der Waals surface area contributed by atoms with Gasteiger partial charge in [0, 0.05) is 10.5 Å². The largest absolute Gasteiger partial charge is 0.349 e. The van der Waals surface area contributed by atoms with Crippen LogP contribution in [-0.2, 0) is 0 Å². The van der Waals surface area contributed by atoms with Crippen LogP contribution in [0.15, 0.2) is 16.6 Å². The van der Waals surface area contributed by atoms with Crippen molar-refractivity contribution in [3.8, 4) is 0 Å². The SMILES string of the molecule is O=C(NC1CCCC1)c1cc(F)c(F)cc1Br. The van der Waals surface area contributed by atoms with Gasteiger partial charge in [-0.25, -0.2) is 8.78 Å². The minimum Gasteiger partial charge on any atom is -0.349 e. The third-order valence-corrected chi connectivity index (χ3v) is 3.60. The minimum atomic E-state index is -1.01. The zero-order valence-corrected chi connectivity index (χ0v) is 10.7. The molecule has 0 heterocycles. The van der Waals surface area contributed by atoms with Gasteiger partial charge >= 0.3 is 0 Å². The van der Waals surface area contributed by atoms with Crippen molar-refractivity contribution in [1.29, 1.82) is 0 Å². The van der Waals surface area contributed by atoms with Gasteiger partial charge in [0.1, 0.15) is 0 Å². The minimum absolute atomic E-state index is 0.135. The summed E-state index contributed by atoms with van der Waals surface area (Å²) in [6.45, 7) is 0. The van der Waals surface area contributed by atoms with E-state index in [1.807, 2.05) is 0 Å². The average molecular weight is 304 g/mol. The van der Waals surface area contributed by atoms with Crippen molar-refractivity contribution < 1.29 is 13.6 Å². The van der Waals surface area contributed by atoms with Crippen LogP contribution in [-0.4, -0.2) is 11.9 Å². The summed E-state index contributed by atoms with van der Waals surface area (Å²) in [6.07, 6.45) is 4.11. The first kappa shape index (κ1) is 12.5.